The van der Waals surface area contributed by atoms with Crippen LogP contribution in [0.15, 0.2) is 41.3 Å². The third-order valence-electron chi connectivity index (χ3n) is 6.13. The minimum Gasteiger partial charge on any atom is -0.444 e. The molecule has 0 atom stereocenters. The fourth-order valence-corrected chi connectivity index (χ4v) is 4.45. The SMILES string of the molecule is Cc1cc(-c2nn(C3CCN(C(=O)OC(C)(C)C)CC3)c(=O)n2-c2ccc(C(C)(F)F)cc2)c(Cl)cn1. The average Bonchev–Trinajstić information content (AvgIpc) is 3.16. The highest BCUT2D eigenvalue weighted by Crippen LogP contribution is 2.31. The molecule has 0 saturated carbocycles. The van der Waals surface area contributed by atoms with E-state index in [1.165, 1.54) is 39.7 Å². The number of ether oxygens (including phenoxy) is 1. The van der Waals surface area contributed by atoms with E-state index in [1.807, 2.05) is 20.8 Å². The van der Waals surface area contributed by atoms with Gasteiger partial charge in [-0.2, -0.15) is 0 Å². The van der Waals surface area contributed by atoms with Gasteiger partial charge in [0.2, 0.25) is 0 Å². The van der Waals surface area contributed by atoms with Crippen LogP contribution in [0.2, 0.25) is 5.02 Å². The molecule has 4 rings (SSSR count). The highest BCUT2D eigenvalue weighted by molar-refractivity contribution is 6.33. The minimum absolute atomic E-state index is 0.162. The molecule has 3 aromatic rings. The summed E-state index contributed by atoms with van der Waals surface area (Å²) < 4.78 is 35.8. The molecular weight excluding hydrogens is 504 g/mol. The zero-order valence-electron chi connectivity index (χ0n) is 21.5. The lowest BCUT2D eigenvalue weighted by atomic mass is 10.1. The van der Waals surface area contributed by atoms with Crippen molar-refractivity contribution >= 4 is 17.7 Å². The first-order chi connectivity index (χ1) is 17.2. The number of hydrogen-bond donors (Lipinski definition) is 0. The number of halogens is 3. The second-order valence-corrected chi connectivity index (χ2v) is 10.7. The number of likely N-dealkylation sites (tertiary alicyclic amines) is 1. The molecule has 198 valence electrons. The number of carbonyl (C=O) groups is 1. The van der Waals surface area contributed by atoms with Crippen molar-refractivity contribution in [2.24, 2.45) is 0 Å². The van der Waals surface area contributed by atoms with Crippen LogP contribution in [-0.4, -0.2) is 49.0 Å². The van der Waals surface area contributed by atoms with Gasteiger partial charge >= 0.3 is 11.8 Å². The Labute approximate surface area is 218 Å². The number of piperidine rings is 1. The Morgan fingerprint density at radius 1 is 1.11 bits per heavy atom. The Hall–Kier alpha value is -3.27. The van der Waals surface area contributed by atoms with Crippen LogP contribution >= 0.6 is 11.6 Å². The third kappa shape index (κ3) is 5.84. The van der Waals surface area contributed by atoms with Gasteiger partial charge in [-0.25, -0.2) is 27.6 Å². The predicted octanol–water partition coefficient (Wildman–Crippen LogP) is 5.74. The highest BCUT2D eigenvalue weighted by Gasteiger charge is 2.31. The van der Waals surface area contributed by atoms with E-state index in [1.54, 1.807) is 17.9 Å². The molecule has 8 nitrogen and oxygen atoms in total. The first-order valence-corrected chi connectivity index (χ1v) is 12.4. The summed E-state index contributed by atoms with van der Waals surface area (Å²) in [5, 5.41) is 4.96. The van der Waals surface area contributed by atoms with Gasteiger partial charge in [0.05, 0.1) is 16.8 Å². The monoisotopic (exact) mass is 533 g/mol. The Bertz CT molecular complexity index is 1350. The molecule has 1 aromatic carbocycles. The second-order valence-electron chi connectivity index (χ2n) is 10.3. The molecule has 0 bridgehead atoms. The molecule has 11 heteroatoms. The molecule has 0 unspecified atom stereocenters. The van der Waals surface area contributed by atoms with Crippen molar-refractivity contribution in [3.8, 4) is 17.1 Å². The van der Waals surface area contributed by atoms with Gasteiger partial charge in [0.25, 0.3) is 5.92 Å². The van der Waals surface area contributed by atoms with Crippen LogP contribution in [-0.2, 0) is 10.7 Å². The molecular formula is C26H30ClF2N5O3. The Balaban J connectivity index is 1.72. The summed E-state index contributed by atoms with van der Waals surface area (Å²) in [7, 11) is 0. The van der Waals surface area contributed by atoms with Crippen LogP contribution in [0.3, 0.4) is 0 Å². The quantitative estimate of drug-likeness (QED) is 0.427. The Morgan fingerprint density at radius 2 is 1.73 bits per heavy atom. The molecule has 1 amide bonds. The van der Waals surface area contributed by atoms with Crippen molar-refractivity contribution in [3.05, 3.63) is 63.3 Å². The van der Waals surface area contributed by atoms with Crippen molar-refractivity contribution < 1.29 is 18.3 Å². The summed E-state index contributed by atoms with van der Waals surface area (Å²) in [6.07, 6.45) is 2.09. The number of aromatic nitrogens is 4. The maximum absolute atomic E-state index is 13.8. The van der Waals surface area contributed by atoms with Crippen molar-refractivity contribution in [2.75, 3.05) is 13.1 Å². The number of aryl methyl sites for hydroxylation is 1. The Kier molecular flexibility index (Phi) is 7.16. The highest BCUT2D eigenvalue weighted by atomic mass is 35.5. The van der Waals surface area contributed by atoms with Crippen LogP contribution in [0.5, 0.6) is 0 Å². The van der Waals surface area contributed by atoms with E-state index < -0.39 is 23.3 Å². The van der Waals surface area contributed by atoms with Gasteiger partial charge in [-0.3, -0.25) is 4.98 Å². The molecule has 1 saturated heterocycles. The fraction of sp³-hybridized carbons (Fsp3) is 0.462. The van der Waals surface area contributed by atoms with Gasteiger partial charge in [-0.1, -0.05) is 23.7 Å². The summed E-state index contributed by atoms with van der Waals surface area (Å²) in [6, 6.07) is 6.98. The molecule has 37 heavy (non-hydrogen) atoms. The van der Waals surface area contributed by atoms with Gasteiger partial charge in [-0.15, -0.1) is 5.10 Å². The number of benzene rings is 1. The largest absolute Gasteiger partial charge is 0.444 e. The minimum atomic E-state index is -3.01. The number of pyridine rings is 1. The van der Waals surface area contributed by atoms with E-state index in [9.17, 15) is 18.4 Å². The van der Waals surface area contributed by atoms with E-state index in [2.05, 4.69) is 10.1 Å². The topological polar surface area (TPSA) is 82.3 Å². The molecule has 0 radical (unpaired) electrons. The summed E-state index contributed by atoms with van der Waals surface area (Å²) in [6.45, 7) is 8.86. The van der Waals surface area contributed by atoms with E-state index in [4.69, 9.17) is 16.3 Å². The zero-order chi connectivity index (χ0) is 27.1. The lowest BCUT2D eigenvalue weighted by Crippen LogP contribution is -2.43. The summed E-state index contributed by atoms with van der Waals surface area (Å²) in [5.74, 6) is -2.73. The molecule has 0 aliphatic carbocycles. The number of amides is 1. The van der Waals surface area contributed by atoms with Gasteiger partial charge < -0.3 is 9.64 Å². The average molecular weight is 534 g/mol. The third-order valence-corrected chi connectivity index (χ3v) is 6.43. The molecule has 1 aliphatic heterocycles. The maximum atomic E-state index is 13.8. The van der Waals surface area contributed by atoms with Crippen LogP contribution in [0, 0.1) is 6.92 Å². The summed E-state index contributed by atoms with van der Waals surface area (Å²) >= 11 is 6.44. The predicted molar refractivity (Wildman–Crippen MR) is 136 cm³/mol. The van der Waals surface area contributed by atoms with Crippen LogP contribution in [0.4, 0.5) is 13.6 Å². The number of rotatable bonds is 4. The second kappa shape index (κ2) is 9.89. The van der Waals surface area contributed by atoms with Crippen LogP contribution in [0.25, 0.3) is 17.1 Å². The maximum Gasteiger partial charge on any atom is 0.410 e. The summed E-state index contributed by atoms with van der Waals surface area (Å²) in [4.78, 5) is 32.0. The fourth-order valence-electron chi connectivity index (χ4n) is 4.26. The molecule has 0 N–H and O–H groups in total. The summed E-state index contributed by atoms with van der Waals surface area (Å²) in [5.41, 5.74) is 0.382. The van der Waals surface area contributed by atoms with Crippen molar-refractivity contribution in [1.29, 1.82) is 0 Å². The van der Waals surface area contributed by atoms with Crippen LogP contribution in [0.1, 0.15) is 57.8 Å². The smallest absolute Gasteiger partial charge is 0.410 e. The molecule has 1 fully saturated rings. The lowest BCUT2D eigenvalue weighted by molar-refractivity contribution is 0.0170. The number of hydrogen-bond acceptors (Lipinski definition) is 5. The van der Waals surface area contributed by atoms with E-state index in [0.717, 1.165) is 6.92 Å². The first-order valence-electron chi connectivity index (χ1n) is 12.1. The van der Waals surface area contributed by atoms with Gasteiger partial charge in [-0.05, 0) is 58.7 Å². The molecule has 0 spiro atoms. The molecule has 1 aliphatic rings. The first kappa shape index (κ1) is 26.8. The number of nitrogens with zero attached hydrogens (tertiary/aromatic N) is 5. The normalized spacial score (nSPS) is 15.2. The van der Waals surface area contributed by atoms with Crippen molar-refractivity contribution in [2.45, 2.75) is 65.0 Å². The number of alkyl halides is 2. The number of carbonyl (C=O) groups excluding carboxylic acids is 1. The van der Waals surface area contributed by atoms with Gasteiger partial charge in [0, 0.05) is 43.0 Å². The van der Waals surface area contributed by atoms with Crippen LogP contribution < -0.4 is 5.69 Å². The zero-order valence-corrected chi connectivity index (χ0v) is 22.2. The van der Waals surface area contributed by atoms with Gasteiger partial charge in [0.1, 0.15) is 5.60 Å². The van der Waals surface area contributed by atoms with Crippen molar-refractivity contribution in [3.63, 3.8) is 0 Å². The molecule has 2 aromatic heterocycles. The lowest BCUT2D eigenvalue weighted by Gasteiger charge is -2.33. The van der Waals surface area contributed by atoms with Crippen molar-refractivity contribution in [1.82, 2.24) is 24.2 Å². The molecule has 3 heterocycles. The standard InChI is InChI=1S/C26H30ClF2N5O3/c1-16-14-20(21(27)15-30-16)22-31-34(19-10-12-32(13-11-19)24(36)37-25(2,3)4)23(35)33(22)18-8-6-17(7-9-18)26(5,28)29/h6-9,14-15,19H,10-13H2,1-5H3. The van der Waals surface area contributed by atoms with E-state index in [-0.39, 0.29) is 17.4 Å². The Morgan fingerprint density at radius 3 is 2.30 bits per heavy atom. The van der Waals surface area contributed by atoms with E-state index in [0.29, 0.717) is 47.9 Å². The van der Waals surface area contributed by atoms with E-state index >= 15 is 0 Å². The van der Waals surface area contributed by atoms with Gasteiger partial charge in [0.15, 0.2) is 5.82 Å².